The van der Waals surface area contributed by atoms with Gasteiger partial charge in [-0.3, -0.25) is 0 Å². The predicted molar refractivity (Wildman–Crippen MR) is 84.5 cm³/mol. The van der Waals surface area contributed by atoms with Gasteiger partial charge in [0.25, 0.3) is 0 Å². The van der Waals surface area contributed by atoms with Crippen LogP contribution < -0.4 is 11.1 Å². The number of anilines is 1. The van der Waals surface area contributed by atoms with Crippen molar-refractivity contribution < 1.29 is 4.74 Å². The SMILES string of the molecule is CC.COC[C@H]1CC(c2cc(C)c3c(N)ncnn23)CN1. The Balaban J connectivity index is 0.000000774. The van der Waals surface area contributed by atoms with Crippen molar-refractivity contribution in [3.8, 4) is 0 Å². The van der Waals surface area contributed by atoms with Gasteiger partial charge in [0.05, 0.1) is 6.61 Å². The molecule has 0 spiro atoms. The zero-order valence-corrected chi connectivity index (χ0v) is 13.3. The van der Waals surface area contributed by atoms with E-state index < -0.39 is 0 Å². The fraction of sp³-hybridized carbons (Fsp3) is 0.600. The van der Waals surface area contributed by atoms with Crippen LogP contribution in [0.3, 0.4) is 0 Å². The van der Waals surface area contributed by atoms with E-state index in [0.29, 0.717) is 17.8 Å². The Morgan fingerprint density at radius 2 is 2.24 bits per heavy atom. The predicted octanol–water partition coefficient (Wildman–Crippen LogP) is 1.74. The van der Waals surface area contributed by atoms with Crippen LogP contribution >= 0.6 is 0 Å². The number of nitrogens with zero attached hydrogens (tertiary/aromatic N) is 3. The van der Waals surface area contributed by atoms with Crippen molar-refractivity contribution >= 4 is 11.3 Å². The molecule has 1 aliphatic rings. The number of hydrogen-bond donors (Lipinski definition) is 2. The summed E-state index contributed by atoms with van der Waals surface area (Å²) >= 11 is 0. The number of ether oxygens (including phenoxy) is 1. The summed E-state index contributed by atoms with van der Waals surface area (Å²) < 4.78 is 7.14. The topological polar surface area (TPSA) is 77.5 Å². The molecule has 1 unspecified atom stereocenters. The fourth-order valence-electron chi connectivity index (χ4n) is 2.95. The van der Waals surface area contributed by atoms with Crippen LogP contribution in [0, 0.1) is 6.92 Å². The first-order valence-corrected chi connectivity index (χ1v) is 7.51. The Kier molecular flexibility index (Phi) is 5.14. The van der Waals surface area contributed by atoms with E-state index >= 15 is 0 Å². The molecule has 1 saturated heterocycles. The van der Waals surface area contributed by atoms with Gasteiger partial charge in [-0.2, -0.15) is 5.10 Å². The van der Waals surface area contributed by atoms with E-state index in [1.807, 2.05) is 25.3 Å². The molecule has 3 N–H and O–H groups in total. The van der Waals surface area contributed by atoms with Crippen LogP contribution in [0.1, 0.15) is 37.4 Å². The highest BCUT2D eigenvalue weighted by atomic mass is 16.5. The third kappa shape index (κ3) is 3.01. The van der Waals surface area contributed by atoms with Gasteiger partial charge >= 0.3 is 0 Å². The summed E-state index contributed by atoms with van der Waals surface area (Å²) in [5, 5.41) is 7.83. The molecule has 6 heteroatoms. The van der Waals surface area contributed by atoms with Gasteiger partial charge in [-0.05, 0) is 25.0 Å². The molecule has 0 radical (unpaired) electrons. The molecule has 3 rings (SSSR count). The highest BCUT2D eigenvalue weighted by Crippen LogP contribution is 2.30. The first-order valence-electron chi connectivity index (χ1n) is 7.51. The number of rotatable bonds is 3. The molecule has 6 nitrogen and oxygen atoms in total. The molecule has 1 fully saturated rings. The van der Waals surface area contributed by atoms with Crippen LogP contribution in [0.2, 0.25) is 0 Å². The van der Waals surface area contributed by atoms with Crippen LogP contribution in [-0.2, 0) is 4.74 Å². The molecular formula is C15H25N5O. The van der Waals surface area contributed by atoms with E-state index in [4.69, 9.17) is 10.5 Å². The lowest BCUT2D eigenvalue weighted by atomic mass is 10.0. The number of methoxy groups -OCH3 is 1. The summed E-state index contributed by atoms with van der Waals surface area (Å²) in [6, 6.07) is 2.59. The van der Waals surface area contributed by atoms with Crippen LogP contribution in [-0.4, -0.2) is 40.9 Å². The highest BCUT2D eigenvalue weighted by molar-refractivity contribution is 5.70. The largest absolute Gasteiger partial charge is 0.383 e. The van der Waals surface area contributed by atoms with Gasteiger partial charge in [-0.1, -0.05) is 13.8 Å². The number of nitrogens with two attached hydrogens (primary N) is 1. The average Bonchev–Trinajstić information content (AvgIpc) is 3.07. The van der Waals surface area contributed by atoms with Gasteiger partial charge in [-0.15, -0.1) is 0 Å². The lowest BCUT2D eigenvalue weighted by Crippen LogP contribution is -2.25. The molecule has 2 aromatic rings. The summed E-state index contributed by atoms with van der Waals surface area (Å²) in [5.74, 6) is 0.980. The van der Waals surface area contributed by atoms with Gasteiger partial charge in [0.1, 0.15) is 11.8 Å². The van der Waals surface area contributed by atoms with Gasteiger partial charge < -0.3 is 15.8 Å². The van der Waals surface area contributed by atoms with Crippen molar-refractivity contribution in [1.82, 2.24) is 19.9 Å². The van der Waals surface area contributed by atoms with E-state index in [9.17, 15) is 0 Å². The molecule has 2 aromatic heterocycles. The number of nitrogen functional groups attached to an aromatic ring is 1. The van der Waals surface area contributed by atoms with Crippen molar-refractivity contribution in [2.75, 3.05) is 26.0 Å². The lowest BCUT2D eigenvalue weighted by Gasteiger charge is -2.09. The summed E-state index contributed by atoms with van der Waals surface area (Å²) in [4.78, 5) is 4.06. The molecule has 3 heterocycles. The second-order valence-electron chi connectivity index (χ2n) is 5.15. The van der Waals surface area contributed by atoms with Crippen LogP contribution in [0.25, 0.3) is 5.52 Å². The van der Waals surface area contributed by atoms with Gasteiger partial charge in [-0.25, -0.2) is 9.50 Å². The number of nitrogens with one attached hydrogen (secondary N) is 1. The van der Waals surface area contributed by atoms with Crippen molar-refractivity contribution in [3.63, 3.8) is 0 Å². The monoisotopic (exact) mass is 291 g/mol. The molecule has 21 heavy (non-hydrogen) atoms. The van der Waals surface area contributed by atoms with E-state index in [1.165, 1.54) is 12.0 Å². The molecule has 2 atom stereocenters. The molecule has 0 aliphatic carbocycles. The van der Waals surface area contributed by atoms with E-state index in [2.05, 4.69) is 21.5 Å². The standard InChI is InChI=1S/C13H19N5O.C2H6/c1-8-3-11(9-4-10(6-19-2)15-5-9)18-12(8)13(14)16-7-17-18;1-2/h3,7,9-10,15H,4-6H2,1-2H3,(H2,14,16,17);1-2H3/t9?,10-;/m1./s1. The first kappa shape index (κ1) is 15.7. The fourth-order valence-corrected chi connectivity index (χ4v) is 2.95. The molecule has 1 aliphatic heterocycles. The second-order valence-corrected chi connectivity index (χ2v) is 5.15. The maximum Gasteiger partial charge on any atom is 0.151 e. The second kappa shape index (κ2) is 6.87. The lowest BCUT2D eigenvalue weighted by molar-refractivity contribution is 0.173. The van der Waals surface area contributed by atoms with Crippen molar-refractivity contribution in [2.24, 2.45) is 0 Å². The number of aromatic nitrogens is 3. The summed E-state index contributed by atoms with van der Waals surface area (Å²) in [6.07, 6.45) is 2.57. The Morgan fingerprint density at radius 3 is 2.95 bits per heavy atom. The maximum absolute atomic E-state index is 5.94. The quantitative estimate of drug-likeness (QED) is 0.900. The van der Waals surface area contributed by atoms with E-state index in [-0.39, 0.29) is 0 Å². The molecule has 116 valence electrons. The third-order valence-electron chi connectivity index (χ3n) is 3.81. The van der Waals surface area contributed by atoms with Gasteiger partial charge in [0.2, 0.25) is 0 Å². The Hall–Kier alpha value is -1.66. The van der Waals surface area contributed by atoms with Gasteiger partial charge in [0, 0.05) is 31.3 Å². The number of hydrogen-bond acceptors (Lipinski definition) is 5. The summed E-state index contributed by atoms with van der Waals surface area (Å²) in [7, 11) is 1.74. The molecule has 0 amide bonds. The molecular weight excluding hydrogens is 266 g/mol. The van der Waals surface area contributed by atoms with Crippen molar-refractivity contribution in [2.45, 2.75) is 39.2 Å². The normalized spacial score (nSPS) is 21.3. The Labute approximate surface area is 125 Å². The molecule has 0 bridgehead atoms. The van der Waals surface area contributed by atoms with Crippen LogP contribution in [0.5, 0.6) is 0 Å². The highest BCUT2D eigenvalue weighted by Gasteiger charge is 2.28. The van der Waals surface area contributed by atoms with Crippen molar-refractivity contribution in [3.05, 3.63) is 23.7 Å². The minimum atomic E-state index is 0.417. The zero-order valence-electron chi connectivity index (χ0n) is 13.3. The van der Waals surface area contributed by atoms with E-state index in [0.717, 1.165) is 30.7 Å². The summed E-state index contributed by atoms with van der Waals surface area (Å²) in [6.45, 7) is 7.74. The summed E-state index contributed by atoms with van der Waals surface area (Å²) in [5.41, 5.74) is 9.19. The van der Waals surface area contributed by atoms with Crippen LogP contribution in [0.15, 0.2) is 12.4 Å². The first-order chi connectivity index (χ1) is 10.2. The smallest absolute Gasteiger partial charge is 0.151 e. The van der Waals surface area contributed by atoms with Crippen LogP contribution in [0.4, 0.5) is 5.82 Å². The van der Waals surface area contributed by atoms with Crippen molar-refractivity contribution in [1.29, 1.82) is 0 Å². The Morgan fingerprint density at radius 1 is 1.48 bits per heavy atom. The third-order valence-corrected chi connectivity index (χ3v) is 3.81. The van der Waals surface area contributed by atoms with E-state index in [1.54, 1.807) is 7.11 Å². The van der Waals surface area contributed by atoms with Gasteiger partial charge in [0.15, 0.2) is 5.82 Å². The maximum atomic E-state index is 5.94. The molecule has 0 aromatic carbocycles. The zero-order chi connectivity index (χ0) is 15.4. The minimum absolute atomic E-state index is 0.417. The average molecular weight is 291 g/mol. The number of aryl methyl sites for hydroxylation is 1. The number of fused-ring (bicyclic) bond motifs is 1. The minimum Gasteiger partial charge on any atom is -0.383 e. The Bertz CT molecular complexity index is 595. The molecule has 0 saturated carbocycles.